The number of carbonyl (C=O) groups is 1. The molecule has 2 aromatic rings. The second kappa shape index (κ2) is 7.38. The molecule has 2 aliphatic heterocycles. The van der Waals surface area contributed by atoms with Gasteiger partial charge in [0.1, 0.15) is 18.0 Å². The van der Waals surface area contributed by atoms with Crippen molar-refractivity contribution in [2.75, 3.05) is 29.9 Å². The summed E-state index contributed by atoms with van der Waals surface area (Å²) in [5.41, 5.74) is 2.09. The molecule has 1 amide bonds. The molecule has 0 saturated carbocycles. The number of carbonyl (C=O) groups excluding carboxylic acids is 1. The maximum absolute atomic E-state index is 13.7. The molecular weight excluding hydrogens is 366 g/mol. The standard InChI is InChI=1S/C19H22F2N6O/c1-10-5-13(25-14(6-10)27-4-3-22-11(2)8-27)17-16-12(18(20)21)7-15(28)26-19(16)24-9-23-17/h5-6,9,11-12,18,22H,3-4,7-8H2,1-2H3,(H,23,24,26,28)/t11-,12+/m0/s1. The van der Waals surface area contributed by atoms with Crippen molar-refractivity contribution in [1.29, 1.82) is 0 Å². The van der Waals surface area contributed by atoms with Gasteiger partial charge in [-0.05, 0) is 31.5 Å². The molecule has 148 valence electrons. The highest BCUT2D eigenvalue weighted by molar-refractivity contribution is 5.95. The molecule has 1 saturated heterocycles. The van der Waals surface area contributed by atoms with Gasteiger partial charge in [0, 0.05) is 37.7 Å². The number of alkyl halides is 2. The number of pyridine rings is 1. The zero-order valence-electron chi connectivity index (χ0n) is 15.7. The highest BCUT2D eigenvalue weighted by Gasteiger charge is 2.36. The van der Waals surface area contributed by atoms with Crippen molar-refractivity contribution < 1.29 is 13.6 Å². The Morgan fingerprint density at radius 3 is 2.86 bits per heavy atom. The van der Waals surface area contributed by atoms with Gasteiger partial charge in [0.05, 0.1) is 17.3 Å². The lowest BCUT2D eigenvalue weighted by Crippen LogP contribution is -2.49. The third kappa shape index (κ3) is 3.54. The van der Waals surface area contributed by atoms with Gasteiger partial charge in [0.2, 0.25) is 12.3 Å². The summed E-state index contributed by atoms with van der Waals surface area (Å²) in [5, 5.41) is 5.98. The van der Waals surface area contributed by atoms with Gasteiger partial charge < -0.3 is 15.5 Å². The molecule has 0 radical (unpaired) electrons. The van der Waals surface area contributed by atoms with Gasteiger partial charge in [-0.3, -0.25) is 4.79 Å². The van der Waals surface area contributed by atoms with Crippen LogP contribution in [0.1, 0.15) is 30.4 Å². The summed E-state index contributed by atoms with van der Waals surface area (Å²) in [5.74, 6) is -0.767. The summed E-state index contributed by atoms with van der Waals surface area (Å²) in [6.07, 6.45) is -1.70. The number of anilines is 2. The van der Waals surface area contributed by atoms with Crippen LogP contribution in [0, 0.1) is 6.92 Å². The number of nitrogens with zero attached hydrogens (tertiary/aromatic N) is 4. The van der Waals surface area contributed by atoms with Gasteiger partial charge in [0.15, 0.2) is 0 Å². The Kier molecular flexibility index (Phi) is 4.92. The molecule has 2 atom stereocenters. The SMILES string of the molecule is Cc1cc(-c2ncnc3c2[C@H](C(F)F)CC(=O)N3)nc(N2CCN[C@@H](C)C2)c1. The molecule has 7 nitrogen and oxygen atoms in total. The zero-order valence-corrected chi connectivity index (χ0v) is 15.7. The van der Waals surface area contributed by atoms with E-state index >= 15 is 0 Å². The monoisotopic (exact) mass is 388 g/mol. The van der Waals surface area contributed by atoms with E-state index in [-0.39, 0.29) is 17.8 Å². The molecular formula is C19H22F2N6O. The lowest BCUT2D eigenvalue weighted by molar-refractivity contribution is -0.117. The largest absolute Gasteiger partial charge is 0.354 e. The van der Waals surface area contributed by atoms with E-state index in [1.807, 2.05) is 19.1 Å². The van der Waals surface area contributed by atoms with Crippen molar-refractivity contribution in [3.05, 3.63) is 29.6 Å². The van der Waals surface area contributed by atoms with Gasteiger partial charge in [-0.2, -0.15) is 0 Å². The number of piperazine rings is 1. The molecule has 0 bridgehead atoms. The van der Waals surface area contributed by atoms with Crippen LogP contribution in [-0.4, -0.2) is 53.0 Å². The van der Waals surface area contributed by atoms with Gasteiger partial charge >= 0.3 is 0 Å². The summed E-state index contributed by atoms with van der Waals surface area (Å²) in [6.45, 7) is 6.54. The Hall–Kier alpha value is -2.68. The van der Waals surface area contributed by atoms with Crippen LogP contribution in [0.4, 0.5) is 20.4 Å². The second-order valence-corrected chi connectivity index (χ2v) is 7.37. The first kappa shape index (κ1) is 18.7. The fourth-order valence-corrected chi connectivity index (χ4v) is 3.82. The Morgan fingerprint density at radius 1 is 1.29 bits per heavy atom. The molecule has 0 aromatic carbocycles. The van der Waals surface area contributed by atoms with Crippen molar-refractivity contribution in [2.24, 2.45) is 0 Å². The Bertz CT molecular complexity index is 906. The Labute approximate surface area is 161 Å². The first-order valence-corrected chi connectivity index (χ1v) is 9.32. The van der Waals surface area contributed by atoms with Gasteiger partial charge in [0.25, 0.3) is 0 Å². The van der Waals surface area contributed by atoms with Crippen molar-refractivity contribution in [2.45, 2.75) is 38.7 Å². The average molecular weight is 388 g/mol. The molecule has 2 aliphatic rings. The fourth-order valence-electron chi connectivity index (χ4n) is 3.82. The van der Waals surface area contributed by atoms with Crippen molar-refractivity contribution in [3.8, 4) is 11.4 Å². The molecule has 2 N–H and O–H groups in total. The highest BCUT2D eigenvalue weighted by Crippen LogP contribution is 2.40. The average Bonchev–Trinajstić information content (AvgIpc) is 2.66. The van der Waals surface area contributed by atoms with Crippen LogP contribution < -0.4 is 15.5 Å². The lowest BCUT2D eigenvalue weighted by Gasteiger charge is -2.33. The topological polar surface area (TPSA) is 83.0 Å². The van der Waals surface area contributed by atoms with Crippen LogP contribution in [0.2, 0.25) is 0 Å². The molecule has 2 aromatic heterocycles. The Balaban J connectivity index is 1.80. The van der Waals surface area contributed by atoms with E-state index in [2.05, 4.69) is 32.4 Å². The van der Waals surface area contributed by atoms with Gasteiger partial charge in [-0.1, -0.05) is 0 Å². The minimum atomic E-state index is -2.69. The number of halogens is 2. The number of hydrogen-bond acceptors (Lipinski definition) is 6. The molecule has 4 heterocycles. The maximum Gasteiger partial charge on any atom is 0.246 e. The van der Waals surface area contributed by atoms with Crippen LogP contribution in [0.15, 0.2) is 18.5 Å². The van der Waals surface area contributed by atoms with E-state index in [1.165, 1.54) is 6.33 Å². The fraction of sp³-hybridized carbons (Fsp3) is 0.474. The summed E-state index contributed by atoms with van der Waals surface area (Å²) in [6, 6.07) is 4.16. The molecule has 1 fully saturated rings. The number of aromatic nitrogens is 3. The van der Waals surface area contributed by atoms with Crippen LogP contribution in [0.5, 0.6) is 0 Å². The summed E-state index contributed by atoms with van der Waals surface area (Å²) < 4.78 is 27.4. The summed E-state index contributed by atoms with van der Waals surface area (Å²) in [4.78, 5) is 27.0. The number of rotatable bonds is 3. The number of aryl methyl sites for hydroxylation is 1. The summed E-state index contributed by atoms with van der Waals surface area (Å²) >= 11 is 0. The van der Waals surface area contributed by atoms with Crippen molar-refractivity contribution in [1.82, 2.24) is 20.3 Å². The maximum atomic E-state index is 13.7. The van der Waals surface area contributed by atoms with Crippen LogP contribution in [-0.2, 0) is 4.79 Å². The molecule has 28 heavy (non-hydrogen) atoms. The van der Waals surface area contributed by atoms with E-state index < -0.39 is 18.3 Å². The number of amides is 1. The van der Waals surface area contributed by atoms with Crippen LogP contribution in [0.3, 0.4) is 0 Å². The third-order valence-corrected chi connectivity index (χ3v) is 5.11. The number of fused-ring (bicyclic) bond motifs is 1. The van der Waals surface area contributed by atoms with E-state index in [4.69, 9.17) is 4.98 Å². The van der Waals surface area contributed by atoms with E-state index in [1.54, 1.807) is 0 Å². The number of hydrogen-bond donors (Lipinski definition) is 2. The third-order valence-electron chi connectivity index (χ3n) is 5.11. The van der Waals surface area contributed by atoms with E-state index in [0.29, 0.717) is 17.4 Å². The molecule has 4 rings (SSSR count). The normalized spacial score (nSPS) is 22.2. The quantitative estimate of drug-likeness (QED) is 0.840. The minimum Gasteiger partial charge on any atom is -0.354 e. The van der Waals surface area contributed by atoms with Gasteiger partial charge in [-0.15, -0.1) is 0 Å². The highest BCUT2D eigenvalue weighted by atomic mass is 19.3. The minimum absolute atomic E-state index is 0.146. The first-order chi connectivity index (χ1) is 13.4. The number of nitrogens with one attached hydrogen (secondary N) is 2. The predicted octanol–water partition coefficient (Wildman–Crippen LogP) is 2.34. The van der Waals surface area contributed by atoms with Crippen molar-refractivity contribution >= 4 is 17.5 Å². The second-order valence-electron chi connectivity index (χ2n) is 7.37. The van der Waals surface area contributed by atoms with Crippen LogP contribution >= 0.6 is 0 Å². The lowest BCUT2D eigenvalue weighted by atomic mass is 9.90. The van der Waals surface area contributed by atoms with E-state index in [0.717, 1.165) is 31.0 Å². The van der Waals surface area contributed by atoms with Crippen molar-refractivity contribution in [3.63, 3.8) is 0 Å². The zero-order chi connectivity index (χ0) is 19.8. The van der Waals surface area contributed by atoms with Crippen LogP contribution in [0.25, 0.3) is 11.4 Å². The first-order valence-electron chi connectivity index (χ1n) is 9.32. The van der Waals surface area contributed by atoms with E-state index in [9.17, 15) is 13.6 Å². The summed E-state index contributed by atoms with van der Waals surface area (Å²) in [7, 11) is 0. The molecule has 0 aliphatic carbocycles. The predicted molar refractivity (Wildman–Crippen MR) is 102 cm³/mol. The van der Waals surface area contributed by atoms with Gasteiger partial charge in [-0.25, -0.2) is 23.7 Å². The smallest absolute Gasteiger partial charge is 0.246 e. The molecule has 0 unspecified atom stereocenters. The molecule has 0 spiro atoms. The Morgan fingerprint density at radius 2 is 2.11 bits per heavy atom. The molecule has 9 heteroatoms.